The highest BCUT2D eigenvalue weighted by molar-refractivity contribution is 5.94. The molecule has 1 aliphatic heterocycles. The third-order valence-corrected chi connectivity index (χ3v) is 4.68. The second-order valence-corrected chi connectivity index (χ2v) is 6.42. The highest BCUT2D eigenvalue weighted by atomic mass is 16.5. The molecule has 0 saturated carbocycles. The zero-order valence-electron chi connectivity index (χ0n) is 14.7. The van der Waals surface area contributed by atoms with Crippen LogP contribution in [0.3, 0.4) is 0 Å². The van der Waals surface area contributed by atoms with Crippen LogP contribution in [0.1, 0.15) is 39.4 Å². The summed E-state index contributed by atoms with van der Waals surface area (Å²) in [5.74, 6) is 0.860. The lowest BCUT2D eigenvalue weighted by atomic mass is 10.1. The SMILES string of the molecule is Cc1noc(C)c1CN1CCCN(C(=O)c2cccc(C#N)c2)CC1. The molecule has 0 aliphatic carbocycles. The van der Waals surface area contributed by atoms with Gasteiger partial charge in [0.2, 0.25) is 0 Å². The molecule has 0 bridgehead atoms. The molecule has 0 atom stereocenters. The summed E-state index contributed by atoms with van der Waals surface area (Å²) in [6.07, 6.45) is 0.924. The monoisotopic (exact) mass is 338 g/mol. The first-order chi connectivity index (χ1) is 12.1. The van der Waals surface area contributed by atoms with E-state index in [2.05, 4.69) is 16.1 Å². The van der Waals surface area contributed by atoms with Gasteiger partial charge in [-0.15, -0.1) is 0 Å². The summed E-state index contributed by atoms with van der Waals surface area (Å²) < 4.78 is 5.24. The van der Waals surface area contributed by atoms with Crippen molar-refractivity contribution < 1.29 is 9.32 Å². The highest BCUT2D eigenvalue weighted by Crippen LogP contribution is 2.17. The molecule has 6 nitrogen and oxygen atoms in total. The summed E-state index contributed by atoms with van der Waals surface area (Å²) in [5, 5.41) is 13.0. The van der Waals surface area contributed by atoms with Crippen LogP contribution in [0, 0.1) is 25.2 Å². The minimum Gasteiger partial charge on any atom is -0.361 e. The number of aromatic nitrogens is 1. The number of aryl methyl sites for hydroxylation is 2. The van der Waals surface area contributed by atoms with Crippen LogP contribution in [0.2, 0.25) is 0 Å². The fraction of sp³-hybridized carbons (Fsp3) is 0.421. The van der Waals surface area contributed by atoms with Gasteiger partial charge in [-0.05, 0) is 38.5 Å². The molecule has 1 amide bonds. The molecule has 0 N–H and O–H groups in total. The average molecular weight is 338 g/mol. The van der Waals surface area contributed by atoms with Crippen LogP contribution in [-0.2, 0) is 6.54 Å². The minimum atomic E-state index is -0.00344. The second-order valence-electron chi connectivity index (χ2n) is 6.42. The predicted molar refractivity (Wildman–Crippen MR) is 92.9 cm³/mol. The molecular formula is C19H22N4O2. The molecule has 2 aromatic rings. The largest absolute Gasteiger partial charge is 0.361 e. The van der Waals surface area contributed by atoms with E-state index in [0.29, 0.717) is 17.7 Å². The molecule has 1 fully saturated rings. The number of nitriles is 1. The van der Waals surface area contributed by atoms with Crippen LogP contribution in [0.5, 0.6) is 0 Å². The van der Waals surface area contributed by atoms with Crippen molar-refractivity contribution in [3.05, 3.63) is 52.4 Å². The third-order valence-electron chi connectivity index (χ3n) is 4.68. The average Bonchev–Trinajstić information content (AvgIpc) is 2.83. The van der Waals surface area contributed by atoms with E-state index in [1.54, 1.807) is 24.3 Å². The first-order valence-corrected chi connectivity index (χ1v) is 8.52. The number of hydrogen-bond donors (Lipinski definition) is 0. The zero-order chi connectivity index (χ0) is 17.8. The first kappa shape index (κ1) is 17.2. The quantitative estimate of drug-likeness (QED) is 0.860. The van der Waals surface area contributed by atoms with E-state index in [4.69, 9.17) is 9.78 Å². The Balaban J connectivity index is 1.65. The van der Waals surface area contributed by atoms with Crippen molar-refractivity contribution >= 4 is 5.91 Å². The Hall–Kier alpha value is -2.65. The number of hydrogen-bond acceptors (Lipinski definition) is 5. The standard InChI is InChI=1S/C19H22N4O2/c1-14-18(15(2)25-21-14)13-22-7-4-8-23(10-9-22)19(24)17-6-3-5-16(11-17)12-20/h3,5-6,11H,4,7-10,13H2,1-2H3. The van der Waals surface area contributed by atoms with Gasteiger partial charge in [-0.1, -0.05) is 11.2 Å². The van der Waals surface area contributed by atoms with E-state index >= 15 is 0 Å². The van der Waals surface area contributed by atoms with Crippen LogP contribution in [-0.4, -0.2) is 47.0 Å². The Bertz CT molecular complexity index is 786. The highest BCUT2D eigenvalue weighted by Gasteiger charge is 2.22. The van der Waals surface area contributed by atoms with Crippen molar-refractivity contribution in [2.24, 2.45) is 0 Å². The summed E-state index contributed by atoms with van der Waals surface area (Å²) in [7, 11) is 0. The third kappa shape index (κ3) is 3.89. The molecule has 3 rings (SSSR count). The molecule has 6 heteroatoms. The maximum absolute atomic E-state index is 12.7. The summed E-state index contributed by atoms with van der Waals surface area (Å²) in [4.78, 5) is 16.9. The van der Waals surface area contributed by atoms with E-state index in [-0.39, 0.29) is 5.91 Å². The van der Waals surface area contributed by atoms with Crippen LogP contribution >= 0.6 is 0 Å². The van der Waals surface area contributed by atoms with Crippen molar-refractivity contribution in [3.8, 4) is 6.07 Å². The lowest BCUT2D eigenvalue weighted by molar-refractivity contribution is 0.0761. The number of benzene rings is 1. The number of carbonyl (C=O) groups excluding carboxylic acids is 1. The molecule has 1 aromatic heterocycles. The molecule has 0 unspecified atom stereocenters. The van der Waals surface area contributed by atoms with Gasteiger partial charge in [-0.2, -0.15) is 5.26 Å². The van der Waals surface area contributed by atoms with E-state index in [1.807, 2.05) is 18.7 Å². The fourth-order valence-corrected chi connectivity index (χ4v) is 3.19. The van der Waals surface area contributed by atoms with Gasteiger partial charge in [0, 0.05) is 43.9 Å². The molecular weight excluding hydrogens is 316 g/mol. The molecule has 1 saturated heterocycles. The van der Waals surface area contributed by atoms with Gasteiger partial charge in [-0.3, -0.25) is 9.69 Å². The molecule has 1 aliphatic rings. The molecule has 0 radical (unpaired) electrons. The maximum atomic E-state index is 12.7. The zero-order valence-corrected chi connectivity index (χ0v) is 14.7. The van der Waals surface area contributed by atoms with E-state index in [1.165, 1.54) is 0 Å². The van der Waals surface area contributed by atoms with Gasteiger partial charge >= 0.3 is 0 Å². The minimum absolute atomic E-state index is 0.00344. The van der Waals surface area contributed by atoms with Crippen molar-refractivity contribution in [1.82, 2.24) is 15.0 Å². The summed E-state index contributed by atoms with van der Waals surface area (Å²) >= 11 is 0. The van der Waals surface area contributed by atoms with E-state index in [9.17, 15) is 4.79 Å². The van der Waals surface area contributed by atoms with Crippen LogP contribution in [0.25, 0.3) is 0 Å². The fourth-order valence-electron chi connectivity index (χ4n) is 3.19. The van der Waals surface area contributed by atoms with Gasteiger partial charge in [0.1, 0.15) is 5.76 Å². The topological polar surface area (TPSA) is 73.4 Å². The molecule has 25 heavy (non-hydrogen) atoms. The molecule has 130 valence electrons. The summed E-state index contributed by atoms with van der Waals surface area (Å²) in [6, 6.07) is 8.99. The number of amides is 1. The maximum Gasteiger partial charge on any atom is 0.253 e. The van der Waals surface area contributed by atoms with E-state index < -0.39 is 0 Å². The molecule has 1 aromatic carbocycles. The Morgan fingerprint density at radius 2 is 2.12 bits per heavy atom. The van der Waals surface area contributed by atoms with Crippen molar-refractivity contribution in [1.29, 1.82) is 5.26 Å². The first-order valence-electron chi connectivity index (χ1n) is 8.52. The van der Waals surface area contributed by atoms with Gasteiger partial charge < -0.3 is 9.42 Å². The molecule has 0 spiro atoms. The number of rotatable bonds is 3. The Morgan fingerprint density at radius 1 is 1.28 bits per heavy atom. The van der Waals surface area contributed by atoms with E-state index in [0.717, 1.165) is 49.6 Å². The predicted octanol–water partition coefficient (Wildman–Crippen LogP) is 2.51. The number of nitrogens with zero attached hydrogens (tertiary/aromatic N) is 4. The van der Waals surface area contributed by atoms with Crippen molar-refractivity contribution in [2.75, 3.05) is 26.2 Å². The van der Waals surface area contributed by atoms with Crippen LogP contribution in [0.15, 0.2) is 28.8 Å². The summed E-state index contributed by atoms with van der Waals surface area (Å²) in [5.41, 5.74) is 3.17. The van der Waals surface area contributed by atoms with Gasteiger partial charge in [0.15, 0.2) is 0 Å². The van der Waals surface area contributed by atoms with Gasteiger partial charge in [0.25, 0.3) is 5.91 Å². The van der Waals surface area contributed by atoms with Gasteiger partial charge in [-0.25, -0.2) is 0 Å². The Morgan fingerprint density at radius 3 is 2.84 bits per heavy atom. The van der Waals surface area contributed by atoms with Crippen molar-refractivity contribution in [3.63, 3.8) is 0 Å². The smallest absolute Gasteiger partial charge is 0.253 e. The Labute approximate surface area is 147 Å². The molecule has 2 heterocycles. The van der Waals surface area contributed by atoms with Crippen LogP contribution in [0.4, 0.5) is 0 Å². The summed E-state index contributed by atoms with van der Waals surface area (Å²) in [6.45, 7) is 7.85. The second kappa shape index (κ2) is 7.49. The lowest BCUT2D eigenvalue weighted by Crippen LogP contribution is -2.35. The lowest BCUT2D eigenvalue weighted by Gasteiger charge is -2.22. The van der Waals surface area contributed by atoms with Gasteiger partial charge in [0.05, 0.1) is 17.3 Å². The van der Waals surface area contributed by atoms with Crippen molar-refractivity contribution in [2.45, 2.75) is 26.8 Å². The number of carbonyl (C=O) groups is 1. The Kier molecular flexibility index (Phi) is 5.15. The van der Waals surface area contributed by atoms with Crippen LogP contribution < -0.4 is 0 Å². The normalized spacial score (nSPS) is 15.6.